The molecule has 3 aromatic carbocycles. The standard InChI is InChI=1S/C32H38N4O6S/c1-23-10-9-13-26(18-23)21-34(30(19-25-11-5-4-6-12-25)32(38)33-27-14-7-8-15-27)31(37)22-35(43(3,41)42)29-20-28(36(39)40)17-16-24(29)2/h4-6,9-13,16-18,20,27,30H,7-8,14-15,19,21-22H2,1-3H3,(H,33,38)/t30-/m0/s1. The predicted octanol–water partition coefficient (Wildman–Crippen LogP) is 4.68. The number of benzene rings is 3. The van der Waals surface area contributed by atoms with Gasteiger partial charge in [-0.3, -0.25) is 24.0 Å². The van der Waals surface area contributed by atoms with Gasteiger partial charge in [-0.1, -0.05) is 79.1 Å². The fourth-order valence-corrected chi connectivity index (χ4v) is 6.40. The topological polar surface area (TPSA) is 130 Å². The summed E-state index contributed by atoms with van der Waals surface area (Å²) < 4.78 is 27.0. The van der Waals surface area contributed by atoms with Crippen molar-refractivity contribution >= 4 is 33.2 Å². The van der Waals surface area contributed by atoms with E-state index in [1.807, 2.05) is 61.5 Å². The summed E-state index contributed by atoms with van der Waals surface area (Å²) in [7, 11) is -4.05. The minimum Gasteiger partial charge on any atom is -0.352 e. The van der Waals surface area contributed by atoms with Crippen molar-refractivity contribution in [2.75, 3.05) is 17.1 Å². The molecule has 0 aromatic heterocycles. The van der Waals surface area contributed by atoms with Crippen LogP contribution in [0.15, 0.2) is 72.8 Å². The molecule has 0 heterocycles. The van der Waals surface area contributed by atoms with Crippen molar-refractivity contribution in [3.05, 3.63) is 105 Å². The number of aryl methyl sites for hydroxylation is 2. The number of nitro benzene ring substituents is 1. The summed E-state index contributed by atoms with van der Waals surface area (Å²) in [6, 6.07) is 20.0. The first-order chi connectivity index (χ1) is 20.4. The van der Waals surface area contributed by atoms with Crippen LogP contribution in [0.1, 0.15) is 47.9 Å². The van der Waals surface area contributed by atoms with Gasteiger partial charge >= 0.3 is 0 Å². The van der Waals surface area contributed by atoms with Crippen LogP contribution in [0.3, 0.4) is 0 Å². The highest BCUT2D eigenvalue weighted by Gasteiger charge is 2.34. The zero-order chi connectivity index (χ0) is 31.1. The van der Waals surface area contributed by atoms with Gasteiger partial charge in [-0.25, -0.2) is 8.42 Å². The number of hydrogen-bond acceptors (Lipinski definition) is 6. The van der Waals surface area contributed by atoms with Gasteiger partial charge in [0.2, 0.25) is 21.8 Å². The zero-order valence-corrected chi connectivity index (χ0v) is 25.5. The molecule has 43 heavy (non-hydrogen) atoms. The van der Waals surface area contributed by atoms with Gasteiger partial charge in [0.15, 0.2) is 0 Å². The summed E-state index contributed by atoms with van der Waals surface area (Å²) in [4.78, 5) is 40.5. The van der Waals surface area contributed by atoms with Crippen LogP contribution in [-0.4, -0.2) is 54.9 Å². The number of amides is 2. The Bertz CT molecular complexity index is 1570. The van der Waals surface area contributed by atoms with E-state index in [1.165, 1.54) is 17.0 Å². The van der Waals surface area contributed by atoms with Crippen molar-refractivity contribution in [3.8, 4) is 0 Å². The maximum absolute atomic E-state index is 14.3. The second-order valence-electron chi connectivity index (χ2n) is 11.2. The Morgan fingerprint density at radius 1 is 0.977 bits per heavy atom. The predicted molar refractivity (Wildman–Crippen MR) is 166 cm³/mol. The van der Waals surface area contributed by atoms with Crippen LogP contribution in [0, 0.1) is 24.0 Å². The minimum absolute atomic E-state index is 0.0155. The molecule has 2 amide bonds. The molecule has 1 saturated carbocycles. The third-order valence-corrected chi connectivity index (χ3v) is 8.89. The van der Waals surface area contributed by atoms with E-state index >= 15 is 0 Å². The molecule has 1 aliphatic rings. The molecule has 0 spiro atoms. The SMILES string of the molecule is Cc1cccc(CN(C(=O)CN(c2cc([N+](=O)[O-])ccc2C)S(C)(=O)=O)[C@@H](Cc2ccccc2)C(=O)NC2CCCC2)c1. The molecule has 1 atom stereocenters. The van der Waals surface area contributed by atoms with E-state index in [4.69, 9.17) is 0 Å². The zero-order valence-electron chi connectivity index (χ0n) is 24.7. The molecular weight excluding hydrogens is 568 g/mol. The second-order valence-corrected chi connectivity index (χ2v) is 13.1. The second kappa shape index (κ2) is 13.8. The first-order valence-electron chi connectivity index (χ1n) is 14.3. The quantitative estimate of drug-likeness (QED) is 0.236. The molecule has 0 saturated heterocycles. The van der Waals surface area contributed by atoms with Crippen LogP contribution in [0.5, 0.6) is 0 Å². The molecule has 11 heteroatoms. The van der Waals surface area contributed by atoms with Crippen molar-refractivity contribution in [2.45, 2.75) is 64.6 Å². The van der Waals surface area contributed by atoms with Crippen molar-refractivity contribution in [3.63, 3.8) is 0 Å². The van der Waals surface area contributed by atoms with Crippen molar-refractivity contribution in [1.29, 1.82) is 0 Å². The Morgan fingerprint density at radius 3 is 2.28 bits per heavy atom. The first-order valence-corrected chi connectivity index (χ1v) is 16.2. The van der Waals surface area contributed by atoms with Crippen molar-refractivity contribution < 1.29 is 22.9 Å². The summed E-state index contributed by atoms with van der Waals surface area (Å²) in [6.07, 6.45) is 4.95. The maximum atomic E-state index is 14.3. The average molecular weight is 607 g/mol. The number of anilines is 1. The van der Waals surface area contributed by atoms with Crippen LogP contribution < -0.4 is 9.62 Å². The summed E-state index contributed by atoms with van der Waals surface area (Å²) in [5, 5.41) is 14.6. The highest BCUT2D eigenvalue weighted by molar-refractivity contribution is 7.92. The molecule has 0 bridgehead atoms. The monoisotopic (exact) mass is 606 g/mol. The summed E-state index contributed by atoms with van der Waals surface area (Å²) in [6.45, 7) is 3.00. The van der Waals surface area contributed by atoms with Gasteiger partial charge in [0.1, 0.15) is 12.6 Å². The van der Waals surface area contributed by atoms with E-state index in [0.29, 0.717) is 5.56 Å². The van der Waals surface area contributed by atoms with Crippen LogP contribution in [-0.2, 0) is 32.6 Å². The molecule has 10 nitrogen and oxygen atoms in total. The lowest BCUT2D eigenvalue weighted by atomic mass is 10.0. The normalized spacial score (nSPS) is 14.2. The smallest absolute Gasteiger partial charge is 0.271 e. The van der Waals surface area contributed by atoms with Gasteiger partial charge in [0.25, 0.3) is 5.69 Å². The van der Waals surface area contributed by atoms with E-state index in [0.717, 1.165) is 59.0 Å². The lowest BCUT2D eigenvalue weighted by Crippen LogP contribution is -2.54. The number of nitrogens with one attached hydrogen (secondary N) is 1. The number of carbonyl (C=O) groups is 2. The van der Waals surface area contributed by atoms with Crippen molar-refractivity contribution in [2.24, 2.45) is 0 Å². The third-order valence-electron chi connectivity index (χ3n) is 7.76. The molecule has 0 unspecified atom stereocenters. The summed E-state index contributed by atoms with van der Waals surface area (Å²) >= 11 is 0. The maximum Gasteiger partial charge on any atom is 0.271 e. The highest BCUT2D eigenvalue weighted by Crippen LogP contribution is 2.28. The van der Waals surface area contributed by atoms with Crippen LogP contribution in [0.25, 0.3) is 0 Å². The van der Waals surface area contributed by atoms with Gasteiger partial charge in [-0.15, -0.1) is 0 Å². The largest absolute Gasteiger partial charge is 0.352 e. The van der Waals surface area contributed by atoms with Crippen LogP contribution in [0.4, 0.5) is 11.4 Å². The highest BCUT2D eigenvalue weighted by atomic mass is 32.2. The molecule has 1 aliphatic carbocycles. The minimum atomic E-state index is -4.05. The van der Waals surface area contributed by atoms with Crippen LogP contribution >= 0.6 is 0 Å². The Hall–Kier alpha value is -4.25. The van der Waals surface area contributed by atoms with E-state index in [-0.39, 0.29) is 36.3 Å². The van der Waals surface area contributed by atoms with E-state index in [9.17, 15) is 28.1 Å². The molecule has 0 aliphatic heterocycles. The summed E-state index contributed by atoms with van der Waals surface area (Å²) in [5.41, 5.74) is 2.81. The van der Waals surface area contributed by atoms with E-state index < -0.39 is 33.4 Å². The van der Waals surface area contributed by atoms with Gasteiger partial charge in [0, 0.05) is 31.1 Å². The van der Waals surface area contributed by atoms with Gasteiger partial charge in [0.05, 0.1) is 16.9 Å². The fourth-order valence-electron chi connectivity index (χ4n) is 5.50. The number of sulfonamides is 1. The number of rotatable bonds is 12. The number of nitrogens with zero attached hydrogens (tertiary/aromatic N) is 3. The van der Waals surface area contributed by atoms with Crippen LogP contribution in [0.2, 0.25) is 0 Å². The molecule has 228 valence electrons. The first kappa shape index (κ1) is 31.7. The average Bonchev–Trinajstić information content (AvgIpc) is 3.47. The fraction of sp³-hybridized carbons (Fsp3) is 0.375. The molecule has 1 N–H and O–H groups in total. The Morgan fingerprint density at radius 2 is 1.65 bits per heavy atom. The van der Waals surface area contributed by atoms with Gasteiger partial charge in [-0.05, 0) is 43.4 Å². The molecule has 0 radical (unpaired) electrons. The molecule has 4 rings (SSSR count). The molecular formula is C32H38N4O6S. The third kappa shape index (κ3) is 8.41. The lowest BCUT2D eigenvalue weighted by Gasteiger charge is -2.34. The van der Waals surface area contributed by atoms with E-state index in [2.05, 4.69) is 5.32 Å². The van der Waals surface area contributed by atoms with Crippen molar-refractivity contribution in [1.82, 2.24) is 10.2 Å². The number of hydrogen-bond donors (Lipinski definition) is 1. The Balaban J connectivity index is 1.76. The van der Waals surface area contributed by atoms with Gasteiger partial charge in [-0.2, -0.15) is 0 Å². The Labute approximate surface area is 252 Å². The van der Waals surface area contributed by atoms with E-state index in [1.54, 1.807) is 6.92 Å². The number of carbonyl (C=O) groups excluding carboxylic acids is 2. The number of nitro groups is 1. The summed E-state index contributed by atoms with van der Waals surface area (Å²) in [5.74, 6) is -0.894. The number of non-ortho nitro benzene ring substituents is 1. The Kier molecular flexibility index (Phi) is 10.2. The van der Waals surface area contributed by atoms with Gasteiger partial charge < -0.3 is 10.2 Å². The lowest BCUT2D eigenvalue weighted by molar-refractivity contribution is -0.384. The molecule has 3 aromatic rings. The molecule has 1 fully saturated rings.